The van der Waals surface area contributed by atoms with E-state index in [9.17, 15) is 0 Å². The van der Waals surface area contributed by atoms with Gasteiger partial charge in [-0.05, 0) is 52.4 Å². The van der Waals surface area contributed by atoms with Gasteiger partial charge in [0.15, 0.2) is 0 Å². The van der Waals surface area contributed by atoms with Gasteiger partial charge in [-0.3, -0.25) is 4.90 Å². The monoisotopic (exact) mass is 211 g/mol. The SMILES string of the molecule is CC.C[C@@H]1[C@H]2CCC[C@H]2CN1C(C)(C)C. The van der Waals surface area contributed by atoms with Gasteiger partial charge in [0.1, 0.15) is 0 Å². The lowest BCUT2D eigenvalue weighted by atomic mass is 9.95. The van der Waals surface area contributed by atoms with E-state index in [1.807, 2.05) is 13.8 Å². The summed E-state index contributed by atoms with van der Waals surface area (Å²) in [6.45, 7) is 14.8. The maximum absolute atomic E-state index is 2.71. The van der Waals surface area contributed by atoms with Crippen LogP contribution in [-0.2, 0) is 0 Å². The van der Waals surface area contributed by atoms with E-state index >= 15 is 0 Å². The van der Waals surface area contributed by atoms with Crippen molar-refractivity contribution in [2.24, 2.45) is 11.8 Å². The summed E-state index contributed by atoms with van der Waals surface area (Å²) in [4.78, 5) is 2.71. The highest BCUT2D eigenvalue weighted by Crippen LogP contribution is 2.44. The summed E-state index contributed by atoms with van der Waals surface area (Å²) in [5.41, 5.74) is 0.379. The standard InChI is InChI=1S/C12H23N.C2H6/c1-9-11-7-5-6-10(11)8-13(9)12(2,3)4;1-2/h9-11H,5-8H2,1-4H3;1-2H3/t9-,10+,11-;/m1./s1. The molecule has 1 aliphatic carbocycles. The molecule has 1 heteroatoms. The van der Waals surface area contributed by atoms with Gasteiger partial charge in [0.2, 0.25) is 0 Å². The summed E-state index contributed by atoms with van der Waals surface area (Å²) in [6.07, 6.45) is 4.46. The minimum Gasteiger partial charge on any atom is -0.295 e. The number of rotatable bonds is 0. The smallest absolute Gasteiger partial charge is 0.0128 e. The first-order valence-corrected chi connectivity index (χ1v) is 6.77. The van der Waals surface area contributed by atoms with Crippen LogP contribution in [0.1, 0.15) is 60.8 Å². The topological polar surface area (TPSA) is 3.24 Å². The first kappa shape index (κ1) is 13.0. The van der Waals surface area contributed by atoms with E-state index in [-0.39, 0.29) is 0 Å². The van der Waals surface area contributed by atoms with Gasteiger partial charge in [0.25, 0.3) is 0 Å². The van der Waals surface area contributed by atoms with Crippen LogP contribution in [0.4, 0.5) is 0 Å². The Morgan fingerprint density at radius 2 is 1.67 bits per heavy atom. The zero-order valence-electron chi connectivity index (χ0n) is 11.5. The van der Waals surface area contributed by atoms with Crippen LogP contribution in [0.5, 0.6) is 0 Å². The van der Waals surface area contributed by atoms with Crippen molar-refractivity contribution in [1.29, 1.82) is 0 Å². The molecule has 90 valence electrons. The molecular weight excluding hydrogens is 182 g/mol. The van der Waals surface area contributed by atoms with Gasteiger partial charge in [0.05, 0.1) is 0 Å². The molecule has 1 saturated carbocycles. The van der Waals surface area contributed by atoms with Crippen molar-refractivity contribution in [2.45, 2.75) is 72.4 Å². The van der Waals surface area contributed by atoms with Crippen LogP contribution in [0.15, 0.2) is 0 Å². The largest absolute Gasteiger partial charge is 0.295 e. The fourth-order valence-corrected chi connectivity index (χ4v) is 3.46. The number of likely N-dealkylation sites (tertiary alicyclic amines) is 1. The number of hydrogen-bond acceptors (Lipinski definition) is 1. The van der Waals surface area contributed by atoms with Crippen molar-refractivity contribution < 1.29 is 0 Å². The average molecular weight is 211 g/mol. The lowest BCUT2D eigenvalue weighted by molar-refractivity contribution is 0.113. The van der Waals surface area contributed by atoms with Crippen molar-refractivity contribution in [3.63, 3.8) is 0 Å². The lowest BCUT2D eigenvalue weighted by Crippen LogP contribution is -2.44. The third-order valence-electron chi connectivity index (χ3n) is 4.12. The first-order valence-electron chi connectivity index (χ1n) is 6.77. The molecule has 0 radical (unpaired) electrons. The van der Waals surface area contributed by atoms with Crippen molar-refractivity contribution in [1.82, 2.24) is 4.90 Å². The fourth-order valence-electron chi connectivity index (χ4n) is 3.46. The molecule has 1 saturated heterocycles. The normalized spacial score (nSPS) is 36.0. The lowest BCUT2D eigenvalue weighted by Gasteiger charge is -2.37. The highest BCUT2D eigenvalue weighted by Gasteiger charge is 2.44. The van der Waals surface area contributed by atoms with E-state index in [0.29, 0.717) is 5.54 Å². The molecule has 0 aromatic rings. The number of hydrogen-bond donors (Lipinski definition) is 0. The summed E-state index contributed by atoms with van der Waals surface area (Å²) >= 11 is 0. The molecule has 0 aromatic carbocycles. The van der Waals surface area contributed by atoms with Crippen molar-refractivity contribution in [3.05, 3.63) is 0 Å². The summed E-state index contributed by atoms with van der Waals surface area (Å²) in [7, 11) is 0. The zero-order chi connectivity index (χ0) is 11.6. The molecule has 0 N–H and O–H groups in total. The molecule has 2 fully saturated rings. The second-order valence-corrected chi connectivity index (χ2v) is 5.92. The van der Waals surface area contributed by atoms with Crippen LogP contribution in [0.25, 0.3) is 0 Å². The van der Waals surface area contributed by atoms with Crippen molar-refractivity contribution in [2.75, 3.05) is 6.54 Å². The Kier molecular flexibility index (Phi) is 4.22. The van der Waals surface area contributed by atoms with E-state index in [4.69, 9.17) is 0 Å². The Hall–Kier alpha value is -0.0400. The Balaban J connectivity index is 0.000000531. The molecule has 3 atom stereocenters. The molecule has 1 nitrogen and oxygen atoms in total. The number of nitrogens with zero attached hydrogens (tertiary/aromatic N) is 1. The van der Waals surface area contributed by atoms with Crippen molar-refractivity contribution in [3.8, 4) is 0 Å². The van der Waals surface area contributed by atoms with Crippen LogP contribution in [0.3, 0.4) is 0 Å². The molecule has 2 aliphatic rings. The molecule has 1 heterocycles. The van der Waals surface area contributed by atoms with Gasteiger partial charge >= 0.3 is 0 Å². The highest BCUT2D eigenvalue weighted by atomic mass is 15.2. The van der Waals surface area contributed by atoms with Gasteiger partial charge in [0, 0.05) is 18.1 Å². The molecule has 0 bridgehead atoms. The summed E-state index contributed by atoms with van der Waals surface area (Å²) in [5, 5.41) is 0. The maximum Gasteiger partial charge on any atom is 0.0128 e. The fraction of sp³-hybridized carbons (Fsp3) is 1.00. The molecule has 0 amide bonds. The molecule has 0 unspecified atom stereocenters. The molecule has 15 heavy (non-hydrogen) atoms. The maximum atomic E-state index is 2.71. The van der Waals surface area contributed by atoms with Crippen molar-refractivity contribution >= 4 is 0 Å². The Morgan fingerprint density at radius 1 is 1.07 bits per heavy atom. The van der Waals surface area contributed by atoms with E-state index in [1.165, 1.54) is 25.8 Å². The highest BCUT2D eigenvalue weighted by molar-refractivity contribution is 4.98. The van der Waals surface area contributed by atoms with E-state index in [1.54, 1.807) is 0 Å². The Bertz CT molecular complexity index is 192. The Morgan fingerprint density at radius 3 is 2.13 bits per heavy atom. The summed E-state index contributed by atoms with van der Waals surface area (Å²) < 4.78 is 0. The second-order valence-electron chi connectivity index (χ2n) is 5.92. The van der Waals surface area contributed by atoms with Crippen LogP contribution in [0, 0.1) is 11.8 Å². The van der Waals surface area contributed by atoms with E-state index in [2.05, 4.69) is 32.6 Å². The second kappa shape index (κ2) is 4.86. The third-order valence-corrected chi connectivity index (χ3v) is 4.12. The van der Waals surface area contributed by atoms with Gasteiger partial charge in [-0.2, -0.15) is 0 Å². The minimum absolute atomic E-state index is 0.379. The third kappa shape index (κ3) is 2.55. The first-order chi connectivity index (χ1) is 7.00. The molecule has 2 rings (SSSR count). The van der Waals surface area contributed by atoms with Gasteiger partial charge < -0.3 is 0 Å². The number of fused-ring (bicyclic) bond motifs is 1. The predicted octanol–water partition coefficient (Wildman–Crippen LogP) is 3.93. The van der Waals surface area contributed by atoms with Crippen LogP contribution in [0.2, 0.25) is 0 Å². The van der Waals surface area contributed by atoms with Gasteiger partial charge in [-0.25, -0.2) is 0 Å². The predicted molar refractivity (Wildman–Crippen MR) is 68.1 cm³/mol. The average Bonchev–Trinajstić information content (AvgIpc) is 2.71. The minimum atomic E-state index is 0.379. The van der Waals surface area contributed by atoms with Gasteiger partial charge in [-0.1, -0.05) is 20.3 Å². The summed E-state index contributed by atoms with van der Waals surface area (Å²) in [6, 6.07) is 0.826. The molecular formula is C14H29N. The molecule has 1 aliphatic heterocycles. The Labute approximate surface area is 96.2 Å². The van der Waals surface area contributed by atoms with Gasteiger partial charge in [-0.15, -0.1) is 0 Å². The van der Waals surface area contributed by atoms with Crippen LogP contribution in [-0.4, -0.2) is 23.0 Å². The van der Waals surface area contributed by atoms with E-state index in [0.717, 1.165) is 17.9 Å². The molecule has 0 aromatic heterocycles. The summed E-state index contributed by atoms with van der Waals surface area (Å²) in [5.74, 6) is 2.04. The van der Waals surface area contributed by atoms with E-state index < -0.39 is 0 Å². The quantitative estimate of drug-likeness (QED) is 0.587. The van der Waals surface area contributed by atoms with Crippen LogP contribution >= 0.6 is 0 Å². The molecule has 0 spiro atoms. The zero-order valence-corrected chi connectivity index (χ0v) is 11.5. The van der Waals surface area contributed by atoms with Crippen LogP contribution < -0.4 is 0 Å².